The second-order valence-corrected chi connectivity index (χ2v) is 6.70. The number of halogens is 2. The molecule has 1 heterocycles. The fraction of sp³-hybridized carbons (Fsp3) is 0.125. The second kappa shape index (κ2) is 7.32. The lowest BCUT2D eigenvalue weighted by atomic mass is 10.2. The zero-order chi connectivity index (χ0) is 18.0. The van der Waals surface area contributed by atoms with Crippen LogP contribution in [0.5, 0.6) is 23.0 Å². The smallest absolute Gasteiger partial charge is 0.284 e. The molecular formula is C16H12Br2N2O5. The molecule has 25 heavy (non-hydrogen) atoms. The SMILES string of the molecule is O=C(N/N=C\c1cc(Br)c(O)c(Br)c1O)[C@H]1COc2ccccc2O1. The average molecular weight is 472 g/mol. The maximum atomic E-state index is 12.1. The summed E-state index contributed by atoms with van der Waals surface area (Å²) in [7, 11) is 0. The molecule has 1 aliphatic rings. The summed E-state index contributed by atoms with van der Waals surface area (Å²) in [6.07, 6.45) is 0.416. The Balaban J connectivity index is 1.66. The Morgan fingerprint density at radius 1 is 1.24 bits per heavy atom. The number of hydrogen-bond donors (Lipinski definition) is 3. The van der Waals surface area contributed by atoms with Crippen LogP contribution in [0.25, 0.3) is 0 Å². The normalized spacial score (nSPS) is 16.0. The highest BCUT2D eigenvalue weighted by molar-refractivity contribution is 9.11. The fourth-order valence-electron chi connectivity index (χ4n) is 2.10. The van der Waals surface area contributed by atoms with Crippen LogP contribution >= 0.6 is 31.9 Å². The van der Waals surface area contributed by atoms with E-state index < -0.39 is 12.0 Å². The number of aromatic hydroxyl groups is 2. The molecule has 9 heteroatoms. The van der Waals surface area contributed by atoms with Gasteiger partial charge in [-0.25, -0.2) is 5.43 Å². The number of para-hydroxylation sites is 2. The van der Waals surface area contributed by atoms with E-state index in [0.717, 1.165) is 0 Å². The molecule has 1 aliphatic heterocycles. The molecular weight excluding hydrogens is 460 g/mol. The van der Waals surface area contributed by atoms with Gasteiger partial charge in [0, 0.05) is 5.56 Å². The number of nitrogens with zero attached hydrogens (tertiary/aromatic N) is 1. The number of fused-ring (bicyclic) bond motifs is 1. The van der Waals surface area contributed by atoms with E-state index in [2.05, 4.69) is 42.4 Å². The van der Waals surface area contributed by atoms with Crippen molar-refractivity contribution in [3.05, 3.63) is 44.8 Å². The van der Waals surface area contributed by atoms with E-state index in [1.807, 2.05) is 6.07 Å². The van der Waals surface area contributed by atoms with Crippen LogP contribution in [-0.2, 0) is 4.79 Å². The van der Waals surface area contributed by atoms with Crippen LogP contribution in [0.4, 0.5) is 0 Å². The summed E-state index contributed by atoms with van der Waals surface area (Å²) in [6, 6.07) is 8.52. The summed E-state index contributed by atoms with van der Waals surface area (Å²) >= 11 is 6.22. The van der Waals surface area contributed by atoms with Gasteiger partial charge in [-0.3, -0.25) is 4.79 Å². The zero-order valence-electron chi connectivity index (χ0n) is 12.6. The van der Waals surface area contributed by atoms with Crippen LogP contribution in [0, 0.1) is 0 Å². The number of rotatable bonds is 3. The van der Waals surface area contributed by atoms with Crippen molar-refractivity contribution < 1.29 is 24.5 Å². The van der Waals surface area contributed by atoms with Crippen molar-refractivity contribution in [2.75, 3.05) is 6.61 Å². The van der Waals surface area contributed by atoms with Gasteiger partial charge in [0.25, 0.3) is 5.91 Å². The number of hydrogen-bond acceptors (Lipinski definition) is 6. The number of amides is 1. The molecule has 0 bridgehead atoms. The summed E-state index contributed by atoms with van der Waals surface area (Å²) in [5.74, 6) is 0.248. The largest absolute Gasteiger partial charge is 0.506 e. The third kappa shape index (κ3) is 3.72. The van der Waals surface area contributed by atoms with Crippen LogP contribution in [0.1, 0.15) is 5.56 Å². The molecule has 0 fully saturated rings. The topological polar surface area (TPSA) is 100 Å². The first-order chi connectivity index (χ1) is 12.0. The van der Waals surface area contributed by atoms with Crippen LogP contribution in [0.15, 0.2) is 44.4 Å². The molecule has 0 aromatic heterocycles. The minimum atomic E-state index is -0.834. The lowest BCUT2D eigenvalue weighted by Crippen LogP contribution is -2.42. The lowest BCUT2D eigenvalue weighted by molar-refractivity contribution is -0.130. The Hall–Kier alpha value is -2.26. The van der Waals surface area contributed by atoms with Gasteiger partial charge in [0.15, 0.2) is 11.5 Å². The van der Waals surface area contributed by atoms with Gasteiger partial charge in [0.05, 0.1) is 10.7 Å². The maximum Gasteiger partial charge on any atom is 0.284 e. The van der Waals surface area contributed by atoms with E-state index >= 15 is 0 Å². The standard InChI is InChI=1S/C16H12Br2N2O5/c17-9-5-8(14(21)13(18)15(9)22)6-19-20-16(23)12-7-24-10-3-1-2-4-11(10)25-12/h1-6,12,21-22H,7H2,(H,20,23)/b19-6-/t12-/m1/s1. The monoisotopic (exact) mass is 470 g/mol. The van der Waals surface area contributed by atoms with Crippen LogP contribution < -0.4 is 14.9 Å². The van der Waals surface area contributed by atoms with Gasteiger partial charge in [-0.05, 0) is 50.1 Å². The van der Waals surface area contributed by atoms with Gasteiger partial charge in [0.1, 0.15) is 22.6 Å². The molecule has 3 N–H and O–H groups in total. The Labute approximate surface area is 159 Å². The molecule has 1 amide bonds. The molecule has 2 aromatic carbocycles. The van der Waals surface area contributed by atoms with Gasteiger partial charge >= 0.3 is 0 Å². The molecule has 0 saturated heterocycles. The first kappa shape index (κ1) is 17.6. The van der Waals surface area contributed by atoms with Crippen molar-refractivity contribution in [2.45, 2.75) is 6.10 Å². The van der Waals surface area contributed by atoms with E-state index in [1.54, 1.807) is 18.2 Å². The van der Waals surface area contributed by atoms with Crippen molar-refractivity contribution in [2.24, 2.45) is 5.10 Å². The van der Waals surface area contributed by atoms with Crippen molar-refractivity contribution in [1.82, 2.24) is 5.43 Å². The number of hydrazone groups is 1. The fourth-order valence-corrected chi connectivity index (χ4v) is 3.25. The van der Waals surface area contributed by atoms with E-state index in [0.29, 0.717) is 21.5 Å². The van der Waals surface area contributed by atoms with Gasteiger partial charge in [-0.15, -0.1) is 0 Å². The number of nitrogens with one attached hydrogen (secondary N) is 1. The highest BCUT2D eigenvalue weighted by Gasteiger charge is 2.27. The summed E-state index contributed by atoms with van der Waals surface area (Å²) in [6.45, 7) is 0.0694. The van der Waals surface area contributed by atoms with Crippen molar-refractivity contribution in [3.8, 4) is 23.0 Å². The second-order valence-electron chi connectivity index (χ2n) is 5.06. The number of ether oxygens (including phenoxy) is 2. The summed E-state index contributed by atoms with van der Waals surface area (Å²) in [5, 5.41) is 23.4. The maximum absolute atomic E-state index is 12.1. The van der Waals surface area contributed by atoms with Crippen molar-refractivity contribution in [3.63, 3.8) is 0 Å². The third-order valence-corrected chi connectivity index (χ3v) is 4.73. The minimum Gasteiger partial charge on any atom is -0.506 e. The molecule has 0 saturated carbocycles. The van der Waals surface area contributed by atoms with E-state index in [-0.39, 0.29) is 22.6 Å². The molecule has 3 rings (SSSR count). The zero-order valence-corrected chi connectivity index (χ0v) is 15.7. The molecule has 0 unspecified atom stereocenters. The molecule has 130 valence electrons. The Bertz CT molecular complexity index is 857. The summed E-state index contributed by atoms with van der Waals surface area (Å²) < 4.78 is 11.5. The van der Waals surface area contributed by atoms with E-state index in [1.165, 1.54) is 12.3 Å². The Kier molecular flexibility index (Phi) is 5.14. The Morgan fingerprint density at radius 2 is 1.96 bits per heavy atom. The van der Waals surface area contributed by atoms with Crippen LogP contribution in [0.2, 0.25) is 0 Å². The number of phenolic OH excluding ortho intramolecular Hbond substituents is 2. The lowest BCUT2D eigenvalue weighted by Gasteiger charge is -2.24. The predicted octanol–water partition coefficient (Wildman–Crippen LogP) is 2.91. The highest BCUT2D eigenvalue weighted by atomic mass is 79.9. The van der Waals surface area contributed by atoms with E-state index in [4.69, 9.17) is 9.47 Å². The molecule has 0 spiro atoms. The molecule has 0 aliphatic carbocycles. The van der Waals surface area contributed by atoms with Gasteiger partial charge < -0.3 is 19.7 Å². The molecule has 0 radical (unpaired) electrons. The third-order valence-electron chi connectivity index (χ3n) is 3.38. The van der Waals surface area contributed by atoms with Crippen molar-refractivity contribution in [1.29, 1.82) is 0 Å². The van der Waals surface area contributed by atoms with Gasteiger partial charge in [0.2, 0.25) is 6.10 Å². The number of carbonyl (C=O) groups excluding carboxylic acids is 1. The number of phenols is 2. The van der Waals surface area contributed by atoms with E-state index in [9.17, 15) is 15.0 Å². The molecule has 2 aromatic rings. The van der Waals surface area contributed by atoms with Gasteiger partial charge in [-0.2, -0.15) is 5.10 Å². The minimum absolute atomic E-state index is 0.0694. The highest BCUT2D eigenvalue weighted by Crippen LogP contribution is 2.40. The summed E-state index contributed by atoms with van der Waals surface area (Å²) in [4.78, 5) is 12.1. The molecule has 7 nitrogen and oxygen atoms in total. The van der Waals surface area contributed by atoms with Crippen molar-refractivity contribution >= 4 is 44.0 Å². The number of carbonyl (C=O) groups is 1. The Morgan fingerprint density at radius 3 is 2.72 bits per heavy atom. The van der Waals surface area contributed by atoms with Crippen LogP contribution in [-0.4, -0.2) is 35.0 Å². The predicted molar refractivity (Wildman–Crippen MR) is 97.3 cm³/mol. The molecule has 1 atom stereocenters. The van der Waals surface area contributed by atoms with Gasteiger partial charge in [-0.1, -0.05) is 12.1 Å². The summed E-state index contributed by atoms with van der Waals surface area (Å²) in [5.41, 5.74) is 2.63. The quantitative estimate of drug-likeness (QED) is 0.472. The first-order valence-corrected chi connectivity index (χ1v) is 8.67. The average Bonchev–Trinajstić information content (AvgIpc) is 2.63. The first-order valence-electron chi connectivity index (χ1n) is 7.08. The number of benzene rings is 2. The van der Waals surface area contributed by atoms with Crippen LogP contribution in [0.3, 0.4) is 0 Å².